The highest BCUT2D eigenvalue weighted by Crippen LogP contribution is 2.36. The number of halogens is 1. The number of hydrogen-bond acceptors (Lipinski definition) is 4. The van der Waals surface area contributed by atoms with Gasteiger partial charge in [0.25, 0.3) is 0 Å². The first-order valence-corrected chi connectivity index (χ1v) is 9.90. The van der Waals surface area contributed by atoms with Gasteiger partial charge in [0, 0.05) is 56.1 Å². The Kier molecular flexibility index (Phi) is 5.55. The number of hydrogen-bond donors (Lipinski definition) is 1. The molecule has 0 fully saturated rings. The first-order valence-electron chi connectivity index (χ1n) is 9.90. The Balaban J connectivity index is 1.63. The third-order valence-corrected chi connectivity index (χ3v) is 5.48. The number of ether oxygens (including phenoxy) is 1. The van der Waals surface area contributed by atoms with E-state index in [9.17, 15) is 9.18 Å². The third kappa shape index (κ3) is 3.93. The molecule has 0 spiro atoms. The van der Waals surface area contributed by atoms with Gasteiger partial charge in [0.1, 0.15) is 17.2 Å². The van der Waals surface area contributed by atoms with E-state index in [-0.39, 0.29) is 11.7 Å². The Morgan fingerprint density at radius 2 is 2.10 bits per heavy atom. The monoisotopic (exact) mass is 408 g/mol. The van der Waals surface area contributed by atoms with Crippen LogP contribution in [0.5, 0.6) is 5.75 Å². The average molecular weight is 408 g/mol. The Morgan fingerprint density at radius 1 is 1.27 bits per heavy atom. The maximum Gasteiger partial charge on any atom is 0.236 e. The molecule has 6 nitrogen and oxygen atoms in total. The van der Waals surface area contributed by atoms with Gasteiger partial charge in [0.05, 0.1) is 13.7 Å². The van der Waals surface area contributed by atoms with Crippen LogP contribution in [0.1, 0.15) is 12.1 Å². The summed E-state index contributed by atoms with van der Waals surface area (Å²) in [6.45, 7) is 1.99. The summed E-state index contributed by atoms with van der Waals surface area (Å²) in [6, 6.07) is 8.56. The first kappa shape index (κ1) is 20.1. The van der Waals surface area contributed by atoms with Gasteiger partial charge in [0.15, 0.2) is 0 Å². The largest absolute Gasteiger partial charge is 0.496 e. The third-order valence-electron chi connectivity index (χ3n) is 5.48. The minimum atomic E-state index is -0.333. The quantitative estimate of drug-likeness (QED) is 0.701. The molecule has 0 aliphatic carbocycles. The van der Waals surface area contributed by atoms with Crippen LogP contribution in [0.3, 0.4) is 0 Å². The molecule has 1 aliphatic rings. The molecular formula is C23H25FN4O2. The summed E-state index contributed by atoms with van der Waals surface area (Å²) in [7, 11) is 5.09. The lowest BCUT2D eigenvalue weighted by molar-refractivity contribution is -0.129. The molecule has 156 valence electrons. The van der Waals surface area contributed by atoms with Crippen LogP contribution in [0, 0.1) is 5.82 Å². The Bertz CT molecular complexity index is 1120. The van der Waals surface area contributed by atoms with Crippen LogP contribution >= 0.6 is 0 Å². The summed E-state index contributed by atoms with van der Waals surface area (Å²) in [5.74, 6) is 0.267. The lowest BCUT2D eigenvalue weighted by atomic mass is 10.0. The molecule has 2 aromatic heterocycles. The van der Waals surface area contributed by atoms with Crippen LogP contribution in [0.15, 0.2) is 42.6 Å². The smallest absolute Gasteiger partial charge is 0.236 e. The normalized spacial score (nSPS) is 14.6. The van der Waals surface area contributed by atoms with Crippen molar-refractivity contribution in [3.05, 3.63) is 54.1 Å². The number of rotatable bonds is 5. The van der Waals surface area contributed by atoms with E-state index < -0.39 is 0 Å². The van der Waals surface area contributed by atoms with E-state index in [1.807, 2.05) is 6.07 Å². The van der Waals surface area contributed by atoms with Crippen molar-refractivity contribution in [2.45, 2.75) is 6.42 Å². The second kappa shape index (κ2) is 8.28. The highest BCUT2D eigenvalue weighted by molar-refractivity contribution is 5.96. The zero-order chi connectivity index (χ0) is 21.3. The fraction of sp³-hybridized carbons (Fsp3) is 0.304. The summed E-state index contributed by atoms with van der Waals surface area (Å²) < 4.78 is 19.0. The molecule has 1 N–H and O–H groups in total. The number of H-pyrrole nitrogens is 1. The van der Waals surface area contributed by atoms with Gasteiger partial charge in [-0.1, -0.05) is 6.08 Å². The van der Waals surface area contributed by atoms with Crippen molar-refractivity contribution in [1.29, 1.82) is 0 Å². The number of aromatic nitrogens is 2. The number of aromatic amines is 1. The van der Waals surface area contributed by atoms with Crippen molar-refractivity contribution in [3.63, 3.8) is 0 Å². The number of methoxy groups -OCH3 is 1. The Morgan fingerprint density at radius 3 is 2.80 bits per heavy atom. The van der Waals surface area contributed by atoms with Crippen LogP contribution in [0.25, 0.3) is 27.7 Å². The van der Waals surface area contributed by atoms with Gasteiger partial charge >= 0.3 is 0 Å². The minimum absolute atomic E-state index is 0.111. The van der Waals surface area contributed by atoms with E-state index in [4.69, 9.17) is 4.74 Å². The lowest BCUT2D eigenvalue weighted by Crippen LogP contribution is -2.38. The molecule has 0 radical (unpaired) electrons. The van der Waals surface area contributed by atoms with E-state index in [0.717, 1.165) is 47.4 Å². The molecule has 1 aliphatic heterocycles. The van der Waals surface area contributed by atoms with Crippen molar-refractivity contribution >= 4 is 22.5 Å². The molecule has 4 rings (SSSR count). The number of carbonyl (C=O) groups excluding carboxylic acids is 1. The molecule has 0 atom stereocenters. The van der Waals surface area contributed by atoms with Gasteiger partial charge in [-0.05, 0) is 41.8 Å². The summed E-state index contributed by atoms with van der Waals surface area (Å²) in [6.07, 6.45) is 4.75. The zero-order valence-corrected chi connectivity index (χ0v) is 17.4. The highest BCUT2D eigenvalue weighted by atomic mass is 19.1. The number of pyridine rings is 1. The molecule has 0 unspecified atom stereocenters. The van der Waals surface area contributed by atoms with E-state index in [2.05, 4.69) is 27.0 Å². The second-order valence-corrected chi connectivity index (χ2v) is 7.65. The van der Waals surface area contributed by atoms with E-state index >= 15 is 0 Å². The van der Waals surface area contributed by atoms with Gasteiger partial charge in [-0.3, -0.25) is 9.69 Å². The van der Waals surface area contributed by atoms with Gasteiger partial charge in [-0.25, -0.2) is 9.37 Å². The predicted octanol–water partition coefficient (Wildman–Crippen LogP) is 3.55. The van der Waals surface area contributed by atoms with Gasteiger partial charge < -0.3 is 14.6 Å². The summed E-state index contributed by atoms with van der Waals surface area (Å²) in [4.78, 5) is 23.6. The maximum atomic E-state index is 13.6. The molecule has 0 saturated heterocycles. The molecule has 30 heavy (non-hydrogen) atoms. The molecule has 0 saturated carbocycles. The number of amides is 1. The van der Waals surface area contributed by atoms with Crippen molar-refractivity contribution in [3.8, 4) is 16.9 Å². The lowest BCUT2D eigenvalue weighted by Gasteiger charge is -2.26. The molecule has 1 aromatic carbocycles. The summed E-state index contributed by atoms with van der Waals surface area (Å²) >= 11 is 0. The second-order valence-electron chi connectivity index (χ2n) is 7.65. The number of fused-ring (bicyclic) bond motifs is 1. The maximum absolute atomic E-state index is 13.6. The number of benzene rings is 1. The summed E-state index contributed by atoms with van der Waals surface area (Å²) in [5.41, 5.74) is 4.76. The predicted molar refractivity (Wildman–Crippen MR) is 116 cm³/mol. The van der Waals surface area contributed by atoms with Crippen molar-refractivity contribution < 1.29 is 13.9 Å². The molecule has 0 bridgehead atoms. The van der Waals surface area contributed by atoms with Crippen LogP contribution in [0.4, 0.5) is 4.39 Å². The van der Waals surface area contributed by atoms with Crippen LogP contribution in [-0.2, 0) is 4.79 Å². The fourth-order valence-electron chi connectivity index (χ4n) is 3.75. The average Bonchev–Trinajstić information content (AvgIpc) is 3.18. The Hall–Kier alpha value is -3.19. The number of nitrogens with zero attached hydrogens (tertiary/aromatic N) is 3. The molecule has 7 heteroatoms. The topological polar surface area (TPSA) is 61.5 Å². The molecular weight excluding hydrogens is 383 g/mol. The summed E-state index contributed by atoms with van der Waals surface area (Å²) in [5, 5.41) is 0.962. The first-order chi connectivity index (χ1) is 14.5. The highest BCUT2D eigenvalue weighted by Gasteiger charge is 2.19. The standard InChI is InChI=1S/C23H25FN4O2/c1-27(2)22(29)14-28-10-7-15(8-11-28)20-13-19-17(6-9-25-23(19)26-20)18-5-4-16(24)12-21(18)30-3/h4-7,9,12-13H,8,10-11,14H2,1-3H3,(H,25,26). The number of carbonyl (C=O) groups is 1. The number of nitrogens with one attached hydrogen (secondary N) is 1. The van der Waals surface area contributed by atoms with E-state index in [1.165, 1.54) is 17.7 Å². The molecule has 1 amide bonds. The molecule has 3 heterocycles. The van der Waals surface area contributed by atoms with Gasteiger partial charge in [-0.15, -0.1) is 0 Å². The SMILES string of the molecule is COc1cc(F)ccc1-c1ccnc2[nH]c(C3=CCN(CC(=O)N(C)C)CC3)cc12. The Labute approximate surface area is 175 Å². The van der Waals surface area contributed by atoms with Crippen LogP contribution in [-0.4, -0.2) is 66.5 Å². The van der Waals surface area contributed by atoms with E-state index in [0.29, 0.717) is 12.3 Å². The zero-order valence-electron chi connectivity index (χ0n) is 17.4. The van der Waals surface area contributed by atoms with Gasteiger partial charge in [0.2, 0.25) is 5.91 Å². The van der Waals surface area contributed by atoms with Gasteiger partial charge in [-0.2, -0.15) is 0 Å². The minimum Gasteiger partial charge on any atom is -0.496 e. The number of likely N-dealkylation sites (N-methyl/N-ethyl adjacent to an activating group) is 1. The molecule has 3 aromatic rings. The van der Waals surface area contributed by atoms with Crippen LogP contribution < -0.4 is 4.74 Å². The van der Waals surface area contributed by atoms with Crippen molar-refractivity contribution in [1.82, 2.24) is 19.8 Å². The van der Waals surface area contributed by atoms with Crippen LogP contribution in [0.2, 0.25) is 0 Å². The fourth-order valence-corrected chi connectivity index (χ4v) is 3.75. The van der Waals surface area contributed by atoms with E-state index in [1.54, 1.807) is 38.4 Å². The van der Waals surface area contributed by atoms with Crippen molar-refractivity contribution in [2.24, 2.45) is 0 Å². The van der Waals surface area contributed by atoms with Crippen molar-refractivity contribution in [2.75, 3.05) is 40.8 Å².